The fourth-order valence-electron chi connectivity index (χ4n) is 4.30. The van der Waals surface area contributed by atoms with Crippen LogP contribution in [0.2, 0.25) is 0 Å². The van der Waals surface area contributed by atoms with Gasteiger partial charge in [-0.25, -0.2) is 0 Å². The molecule has 2 atom stereocenters. The van der Waals surface area contributed by atoms with E-state index in [1.165, 1.54) is 41.5 Å². The van der Waals surface area contributed by atoms with Crippen LogP contribution in [0.25, 0.3) is 0 Å². The molecule has 1 aromatic carbocycles. The Morgan fingerprint density at radius 3 is 2.50 bits per heavy atom. The largest absolute Gasteiger partial charge is 0.508 e. The summed E-state index contributed by atoms with van der Waals surface area (Å²) in [5.74, 6) is 1.13. The molecule has 1 aliphatic rings. The van der Waals surface area contributed by atoms with Gasteiger partial charge in [-0.15, -0.1) is 0 Å². The molecular formula is C25H38O. The predicted octanol–water partition coefficient (Wildman–Crippen LogP) is 7.44. The van der Waals surface area contributed by atoms with Gasteiger partial charge in [0.15, 0.2) is 0 Å². The van der Waals surface area contributed by atoms with Gasteiger partial charge in [0.25, 0.3) is 0 Å². The SMILES string of the molecule is C=C(C)[C@@H]1CCC(C)=CC1c1c(O)cc(CCCCC)cc1C(C)(C)C. The highest BCUT2D eigenvalue weighted by Crippen LogP contribution is 2.46. The van der Waals surface area contributed by atoms with Crippen molar-refractivity contribution in [1.82, 2.24) is 0 Å². The lowest BCUT2D eigenvalue weighted by Crippen LogP contribution is -2.22. The van der Waals surface area contributed by atoms with E-state index in [4.69, 9.17) is 0 Å². The van der Waals surface area contributed by atoms with E-state index in [-0.39, 0.29) is 11.3 Å². The van der Waals surface area contributed by atoms with Gasteiger partial charge >= 0.3 is 0 Å². The summed E-state index contributed by atoms with van der Waals surface area (Å²) >= 11 is 0. The minimum atomic E-state index is 0.00635. The smallest absolute Gasteiger partial charge is 0.119 e. The molecular weight excluding hydrogens is 316 g/mol. The van der Waals surface area contributed by atoms with E-state index in [1.54, 1.807) is 0 Å². The third-order valence-corrected chi connectivity index (χ3v) is 5.81. The maximum absolute atomic E-state index is 11.1. The van der Waals surface area contributed by atoms with Crippen molar-refractivity contribution in [2.24, 2.45) is 5.92 Å². The highest BCUT2D eigenvalue weighted by molar-refractivity contribution is 5.51. The lowest BCUT2D eigenvalue weighted by molar-refractivity contribution is 0.426. The van der Waals surface area contributed by atoms with Gasteiger partial charge in [-0.05, 0) is 68.1 Å². The Bertz CT molecular complexity index is 672. The number of phenols is 1. The highest BCUT2D eigenvalue weighted by Gasteiger charge is 2.32. The van der Waals surface area contributed by atoms with Crippen molar-refractivity contribution in [3.05, 3.63) is 52.6 Å². The zero-order chi connectivity index (χ0) is 19.5. The number of benzene rings is 1. The molecule has 2 rings (SSSR count). The summed E-state index contributed by atoms with van der Waals surface area (Å²) in [6, 6.07) is 4.38. The Hall–Kier alpha value is -1.50. The molecule has 0 fully saturated rings. The lowest BCUT2D eigenvalue weighted by atomic mass is 9.69. The van der Waals surface area contributed by atoms with E-state index in [9.17, 15) is 5.11 Å². The van der Waals surface area contributed by atoms with Gasteiger partial charge in [-0.3, -0.25) is 0 Å². The Kier molecular flexibility index (Phi) is 6.77. The number of aryl methyl sites for hydroxylation is 1. The van der Waals surface area contributed by atoms with Gasteiger partial charge in [-0.1, -0.05) is 70.4 Å². The van der Waals surface area contributed by atoms with Gasteiger partial charge in [0.2, 0.25) is 0 Å². The van der Waals surface area contributed by atoms with Crippen LogP contribution in [0, 0.1) is 5.92 Å². The van der Waals surface area contributed by atoms with Crippen LogP contribution in [0.4, 0.5) is 0 Å². The van der Waals surface area contributed by atoms with E-state index in [0.717, 1.165) is 24.8 Å². The lowest BCUT2D eigenvalue weighted by Gasteiger charge is -2.35. The number of phenolic OH excluding ortho intramolecular Hbond substituents is 1. The molecule has 0 amide bonds. The Morgan fingerprint density at radius 2 is 1.92 bits per heavy atom. The number of allylic oxidation sites excluding steroid dienone is 3. The zero-order valence-corrected chi connectivity index (χ0v) is 17.8. The Balaban J connectivity index is 2.55. The molecule has 26 heavy (non-hydrogen) atoms. The molecule has 0 aromatic heterocycles. The van der Waals surface area contributed by atoms with E-state index in [2.05, 4.69) is 60.3 Å². The van der Waals surface area contributed by atoms with Crippen LogP contribution >= 0.6 is 0 Å². The van der Waals surface area contributed by atoms with E-state index >= 15 is 0 Å². The predicted molar refractivity (Wildman–Crippen MR) is 114 cm³/mol. The van der Waals surface area contributed by atoms with Crippen LogP contribution in [0.1, 0.15) is 96.3 Å². The average molecular weight is 355 g/mol. The molecule has 0 spiro atoms. The van der Waals surface area contributed by atoms with Crippen LogP contribution in [0.3, 0.4) is 0 Å². The molecule has 0 bridgehead atoms. The maximum atomic E-state index is 11.1. The first-order valence-corrected chi connectivity index (χ1v) is 10.3. The topological polar surface area (TPSA) is 20.2 Å². The summed E-state index contributed by atoms with van der Waals surface area (Å²) in [4.78, 5) is 0. The average Bonchev–Trinajstić information content (AvgIpc) is 2.53. The quantitative estimate of drug-likeness (QED) is 0.416. The molecule has 0 aliphatic heterocycles. The molecule has 1 aromatic rings. The van der Waals surface area contributed by atoms with E-state index < -0.39 is 0 Å². The third kappa shape index (κ3) is 4.81. The van der Waals surface area contributed by atoms with E-state index in [1.807, 2.05) is 6.07 Å². The van der Waals surface area contributed by atoms with Crippen molar-refractivity contribution >= 4 is 0 Å². The first-order valence-electron chi connectivity index (χ1n) is 10.3. The number of aromatic hydroxyl groups is 1. The third-order valence-electron chi connectivity index (χ3n) is 5.81. The summed E-state index contributed by atoms with van der Waals surface area (Å²) in [6.45, 7) is 17.6. The number of unbranched alkanes of at least 4 members (excludes halogenated alkanes) is 2. The molecule has 1 unspecified atom stereocenters. The first-order chi connectivity index (χ1) is 12.1. The maximum Gasteiger partial charge on any atom is 0.119 e. The standard InChI is InChI=1S/C25H38O/c1-8-9-10-11-19-15-22(25(5,6)7)24(23(26)16-19)21-14-18(4)12-13-20(21)17(2)3/h14-16,20-21,26H,2,8-13H2,1,3-7H3/t20-,21?/m0/s1. The molecule has 0 radical (unpaired) electrons. The normalized spacial score (nSPS) is 20.8. The molecule has 1 nitrogen and oxygen atoms in total. The second-order valence-corrected chi connectivity index (χ2v) is 9.31. The van der Waals surface area contributed by atoms with Crippen molar-refractivity contribution in [1.29, 1.82) is 0 Å². The summed E-state index contributed by atoms with van der Waals surface area (Å²) in [6.07, 6.45) is 9.35. The van der Waals surface area contributed by atoms with Crippen LogP contribution in [-0.4, -0.2) is 5.11 Å². The van der Waals surface area contributed by atoms with Gasteiger partial charge in [0.1, 0.15) is 5.75 Å². The zero-order valence-electron chi connectivity index (χ0n) is 17.8. The second kappa shape index (κ2) is 8.46. The fourth-order valence-corrected chi connectivity index (χ4v) is 4.30. The summed E-state index contributed by atoms with van der Waals surface area (Å²) in [5.41, 5.74) is 6.36. The van der Waals surface area contributed by atoms with Gasteiger partial charge in [-0.2, -0.15) is 0 Å². The van der Waals surface area contributed by atoms with Crippen molar-refractivity contribution < 1.29 is 5.11 Å². The second-order valence-electron chi connectivity index (χ2n) is 9.31. The summed E-state index contributed by atoms with van der Waals surface area (Å²) in [7, 11) is 0. The van der Waals surface area contributed by atoms with Crippen LogP contribution in [0.15, 0.2) is 35.9 Å². The molecule has 0 saturated carbocycles. The van der Waals surface area contributed by atoms with Crippen molar-refractivity contribution in [2.75, 3.05) is 0 Å². The van der Waals surface area contributed by atoms with Crippen molar-refractivity contribution in [3.8, 4) is 5.75 Å². The highest BCUT2D eigenvalue weighted by atomic mass is 16.3. The minimum Gasteiger partial charge on any atom is -0.508 e. The molecule has 1 heteroatoms. The Morgan fingerprint density at radius 1 is 1.23 bits per heavy atom. The van der Waals surface area contributed by atoms with Crippen LogP contribution in [0.5, 0.6) is 5.75 Å². The molecule has 1 aliphatic carbocycles. The van der Waals surface area contributed by atoms with E-state index in [0.29, 0.717) is 11.7 Å². The van der Waals surface area contributed by atoms with Gasteiger partial charge in [0.05, 0.1) is 0 Å². The number of rotatable bonds is 6. The number of hydrogen-bond donors (Lipinski definition) is 1. The molecule has 0 saturated heterocycles. The summed E-state index contributed by atoms with van der Waals surface area (Å²) < 4.78 is 0. The molecule has 0 heterocycles. The van der Waals surface area contributed by atoms with Gasteiger partial charge < -0.3 is 5.11 Å². The van der Waals surface area contributed by atoms with Crippen LogP contribution < -0.4 is 0 Å². The first kappa shape index (κ1) is 20.8. The van der Waals surface area contributed by atoms with Crippen molar-refractivity contribution in [3.63, 3.8) is 0 Å². The number of hydrogen-bond acceptors (Lipinski definition) is 1. The Labute approximate surface area is 161 Å². The molecule has 1 N–H and O–H groups in total. The molecule has 144 valence electrons. The van der Waals surface area contributed by atoms with Gasteiger partial charge in [0, 0.05) is 11.5 Å². The van der Waals surface area contributed by atoms with Crippen LogP contribution in [-0.2, 0) is 11.8 Å². The monoisotopic (exact) mass is 354 g/mol. The fraction of sp³-hybridized carbons (Fsp3) is 0.600. The minimum absolute atomic E-state index is 0.00635. The van der Waals surface area contributed by atoms with Crippen molar-refractivity contribution in [2.45, 2.75) is 91.4 Å². The summed E-state index contributed by atoms with van der Waals surface area (Å²) in [5, 5.41) is 11.1.